The number of para-hydroxylation sites is 3. The van der Waals surface area contributed by atoms with Crippen LogP contribution in [0.25, 0.3) is 66.2 Å². The molecule has 0 aliphatic carbocycles. The monoisotopic (exact) mass is 552 g/mol. The maximum Gasteiger partial charge on any atom is 0.110 e. The van der Waals surface area contributed by atoms with Crippen molar-refractivity contribution in [3.05, 3.63) is 157 Å². The Morgan fingerprint density at radius 1 is 0.512 bits per heavy atom. The Morgan fingerprint density at radius 3 is 1.70 bits per heavy atom. The van der Waals surface area contributed by atoms with Gasteiger partial charge in [0.15, 0.2) is 0 Å². The van der Waals surface area contributed by atoms with Crippen molar-refractivity contribution in [2.75, 3.05) is 0 Å². The van der Waals surface area contributed by atoms with Gasteiger partial charge in [0.2, 0.25) is 0 Å². The molecular weight excluding hydrogens is 524 g/mol. The number of aromatic nitrogens is 2. The van der Waals surface area contributed by atoms with Crippen LogP contribution in [0.5, 0.6) is 0 Å². The van der Waals surface area contributed by atoms with Gasteiger partial charge in [-0.3, -0.25) is 4.57 Å². The quantitative estimate of drug-likeness (QED) is 0.205. The first-order chi connectivity index (χ1) is 21.2. The van der Waals surface area contributed by atoms with E-state index in [4.69, 9.17) is 11.1 Å². The third kappa shape index (κ3) is 4.03. The van der Waals surface area contributed by atoms with Crippen molar-refractivity contribution in [3.63, 3.8) is 0 Å². The molecule has 6 aromatic carbocycles. The summed E-state index contributed by atoms with van der Waals surface area (Å²) >= 11 is 0. The summed E-state index contributed by atoms with van der Waals surface area (Å²) in [6.07, 6.45) is 1.74. The Balaban J connectivity index is 1.29. The van der Waals surface area contributed by atoms with Gasteiger partial charge >= 0.3 is 0 Å². The first-order valence-electron chi connectivity index (χ1n) is 14.4. The van der Waals surface area contributed by atoms with Crippen LogP contribution in [0.3, 0.4) is 0 Å². The van der Waals surface area contributed by atoms with E-state index in [9.17, 15) is 0 Å². The number of nitrogens with one attached hydrogen (secondary N) is 1. The van der Waals surface area contributed by atoms with E-state index in [0.717, 1.165) is 44.2 Å². The van der Waals surface area contributed by atoms with E-state index in [-0.39, 0.29) is 0 Å². The van der Waals surface area contributed by atoms with Gasteiger partial charge in [0, 0.05) is 33.3 Å². The van der Waals surface area contributed by atoms with Gasteiger partial charge in [-0.2, -0.15) is 0 Å². The Hall–Kier alpha value is -5.87. The molecule has 0 saturated carbocycles. The van der Waals surface area contributed by atoms with E-state index in [0.29, 0.717) is 11.5 Å². The van der Waals surface area contributed by atoms with Crippen LogP contribution in [0, 0.1) is 5.41 Å². The van der Waals surface area contributed by atoms with E-state index in [1.807, 2.05) is 36.4 Å². The molecule has 0 unspecified atom stereocenters. The molecule has 0 amide bonds. The molecule has 2 aromatic heterocycles. The van der Waals surface area contributed by atoms with Crippen LogP contribution in [0.2, 0.25) is 0 Å². The van der Waals surface area contributed by atoms with E-state index in [1.165, 1.54) is 21.8 Å². The highest BCUT2D eigenvalue weighted by Gasteiger charge is 2.16. The summed E-state index contributed by atoms with van der Waals surface area (Å²) in [5.74, 6) is 0.517. The molecule has 8 aromatic rings. The topological polar surface area (TPSA) is 59.7 Å². The molecule has 0 atom stereocenters. The SMILES string of the molecule is N=C(/C=C(\N)n1c2ccccc2c2cc(-c3ccc4c(c3)c3ccccc3n4-c3ccccc3)ccc21)c1ccccc1. The standard InChI is InChI=1S/C39H28N4/c40-34(26-11-3-1-4-12-26)25-39(41)43-36-18-10-8-16-31(36)33-24-28(20-22-38(33)43)27-19-21-37-32(23-27)30-15-7-9-17-35(30)42(37)29-13-5-2-6-14-29/h1-25,40H,41H2/b39-25+,40-34?. The number of rotatable bonds is 5. The lowest BCUT2D eigenvalue weighted by Crippen LogP contribution is -2.09. The van der Waals surface area contributed by atoms with Gasteiger partial charge in [-0.1, -0.05) is 97.1 Å². The van der Waals surface area contributed by atoms with Crippen LogP contribution in [-0.2, 0) is 0 Å². The Bertz CT molecular complexity index is 2360. The minimum atomic E-state index is 0.378. The lowest BCUT2D eigenvalue weighted by atomic mass is 10.0. The third-order valence-corrected chi connectivity index (χ3v) is 8.33. The van der Waals surface area contributed by atoms with Crippen molar-refractivity contribution in [2.24, 2.45) is 5.73 Å². The summed E-state index contributed by atoms with van der Waals surface area (Å²) in [5, 5.41) is 13.4. The van der Waals surface area contributed by atoms with Crippen LogP contribution in [0.15, 0.2) is 152 Å². The van der Waals surface area contributed by atoms with Crippen LogP contribution in [-0.4, -0.2) is 14.8 Å². The number of nitrogens with two attached hydrogens (primary N) is 1. The van der Waals surface area contributed by atoms with Gasteiger partial charge in [0.25, 0.3) is 0 Å². The molecule has 0 saturated heterocycles. The maximum atomic E-state index is 8.63. The third-order valence-electron chi connectivity index (χ3n) is 8.33. The predicted octanol–water partition coefficient (Wildman–Crippen LogP) is 9.38. The van der Waals surface area contributed by atoms with Crippen LogP contribution >= 0.6 is 0 Å². The average molecular weight is 553 g/mol. The molecule has 4 heteroatoms. The molecule has 0 aliphatic rings. The van der Waals surface area contributed by atoms with Gasteiger partial charge in [0.1, 0.15) is 5.82 Å². The van der Waals surface area contributed by atoms with Gasteiger partial charge in [-0.05, 0) is 65.2 Å². The second-order valence-electron chi connectivity index (χ2n) is 10.9. The molecule has 0 aliphatic heterocycles. The number of nitrogens with zero attached hydrogens (tertiary/aromatic N) is 2. The largest absolute Gasteiger partial charge is 0.385 e. The summed E-state index contributed by atoms with van der Waals surface area (Å²) in [7, 11) is 0. The smallest absolute Gasteiger partial charge is 0.110 e. The van der Waals surface area contributed by atoms with E-state index >= 15 is 0 Å². The fourth-order valence-electron chi connectivity index (χ4n) is 6.35. The minimum absolute atomic E-state index is 0.378. The van der Waals surface area contributed by atoms with Gasteiger partial charge in [-0.15, -0.1) is 0 Å². The first kappa shape index (κ1) is 24.9. The van der Waals surface area contributed by atoms with Crippen molar-refractivity contribution >= 4 is 55.1 Å². The highest BCUT2D eigenvalue weighted by Crippen LogP contribution is 2.37. The first-order valence-corrected chi connectivity index (χ1v) is 14.4. The maximum absolute atomic E-state index is 8.63. The Labute approximate surface area is 249 Å². The van der Waals surface area contributed by atoms with E-state index in [2.05, 4.69) is 118 Å². The molecule has 8 rings (SSSR count). The highest BCUT2D eigenvalue weighted by molar-refractivity contribution is 6.14. The summed E-state index contributed by atoms with van der Waals surface area (Å²) in [5.41, 5.74) is 15.8. The molecule has 3 N–H and O–H groups in total. The van der Waals surface area contributed by atoms with Crippen molar-refractivity contribution < 1.29 is 0 Å². The van der Waals surface area contributed by atoms with Gasteiger partial charge in [0.05, 0.1) is 27.8 Å². The zero-order valence-corrected chi connectivity index (χ0v) is 23.4. The van der Waals surface area contributed by atoms with Crippen molar-refractivity contribution in [3.8, 4) is 16.8 Å². The average Bonchev–Trinajstić information content (AvgIpc) is 3.58. The number of hydrogen-bond donors (Lipinski definition) is 2. The van der Waals surface area contributed by atoms with Crippen molar-refractivity contribution in [2.45, 2.75) is 0 Å². The predicted molar refractivity (Wildman–Crippen MR) is 181 cm³/mol. The molecule has 43 heavy (non-hydrogen) atoms. The van der Waals surface area contributed by atoms with Gasteiger partial charge < -0.3 is 15.7 Å². The molecular formula is C39H28N4. The zero-order chi connectivity index (χ0) is 28.9. The molecule has 204 valence electrons. The fourth-order valence-corrected chi connectivity index (χ4v) is 6.35. The van der Waals surface area contributed by atoms with Crippen molar-refractivity contribution in [1.82, 2.24) is 9.13 Å². The minimum Gasteiger partial charge on any atom is -0.385 e. The molecule has 4 nitrogen and oxygen atoms in total. The normalized spacial score (nSPS) is 12.0. The molecule has 0 spiro atoms. The lowest BCUT2D eigenvalue weighted by molar-refractivity contribution is 1.18. The summed E-state index contributed by atoms with van der Waals surface area (Å²) in [6.45, 7) is 0. The molecule has 0 bridgehead atoms. The van der Waals surface area contributed by atoms with E-state index in [1.54, 1.807) is 6.08 Å². The van der Waals surface area contributed by atoms with Crippen LogP contribution in [0.1, 0.15) is 5.56 Å². The number of allylic oxidation sites excluding steroid dienone is 1. The highest BCUT2D eigenvalue weighted by atomic mass is 15.1. The second-order valence-corrected chi connectivity index (χ2v) is 10.9. The zero-order valence-electron chi connectivity index (χ0n) is 23.4. The number of fused-ring (bicyclic) bond motifs is 6. The van der Waals surface area contributed by atoms with Crippen molar-refractivity contribution in [1.29, 1.82) is 5.41 Å². The molecule has 2 heterocycles. The fraction of sp³-hybridized carbons (Fsp3) is 0. The van der Waals surface area contributed by atoms with E-state index < -0.39 is 0 Å². The Morgan fingerprint density at radius 2 is 1.00 bits per heavy atom. The molecule has 0 radical (unpaired) electrons. The van der Waals surface area contributed by atoms with Gasteiger partial charge in [-0.25, -0.2) is 0 Å². The number of hydrogen-bond acceptors (Lipinski definition) is 2. The summed E-state index contributed by atoms with van der Waals surface area (Å²) < 4.78 is 4.40. The molecule has 0 fully saturated rings. The lowest BCUT2D eigenvalue weighted by Gasteiger charge is -2.10. The Kier molecular flexibility index (Phi) is 5.73. The van der Waals surface area contributed by atoms with Crippen LogP contribution in [0.4, 0.5) is 0 Å². The number of benzene rings is 6. The van der Waals surface area contributed by atoms with Crippen LogP contribution < -0.4 is 5.73 Å². The summed E-state index contributed by atoms with van der Waals surface area (Å²) in [4.78, 5) is 0. The summed E-state index contributed by atoms with van der Waals surface area (Å²) in [6, 6.07) is 50.5. The second kappa shape index (κ2) is 9.89.